The molecule has 0 saturated heterocycles. The lowest BCUT2D eigenvalue weighted by atomic mass is 9.92. The molecule has 0 amide bonds. The zero-order chi connectivity index (χ0) is 12.7. The van der Waals surface area contributed by atoms with Gasteiger partial charge in [0.1, 0.15) is 5.69 Å². The first-order valence-electron chi connectivity index (χ1n) is 6.67. The van der Waals surface area contributed by atoms with Gasteiger partial charge in [0.2, 0.25) is 0 Å². The Morgan fingerprint density at radius 2 is 1.88 bits per heavy atom. The molecular weight excluding hydrogens is 214 g/mol. The summed E-state index contributed by atoms with van der Waals surface area (Å²) in [6.45, 7) is 7.09. The number of aryl methyl sites for hydroxylation is 1. The highest BCUT2D eigenvalue weighted by atomic mass is 16.1. The number of hydrogen-bond donors (Lipinski definition) is 0. The molecule has 96 valence electrons. The van der Waals surface area contributed by atoms with Gasteiger partial charge in [-0.3, -0.25) is 4.79 Å². The van der Waals surface area contributed by atoms with Gasteiger partial charge in [0.05, 0.1) is 6.20 Å². The lowest BCUT2D eigenvalue weighted by Crippen LogP contribution is -2.19. The Morgan fingerprint density at radius 1 is 1.24 bits per heavy atom. The summed E-state index contributed by atoms with van der Waals surface area (Å²) in [5.74, 6) is 0.353. The van der Waals surface area contributed by atoms with E-state index in [1.165, 1.54) is 0 Å². The molecule has 0 bridgehead atoms. The summed E-state index contributed by atoms with van der Waals surface area (Å²) in [5.41, 5.74) is 0.679. The van der Waals surface area contributed by atoms with E-state index >= 15 is 0 Å². The number of carbonyl (C=O) groups excluding carboxylic acids is 1. The average Bonchev–Trinajstić information content (AvgIpc) is 2.77. The van der Waals surface area contributed by atoms with Gasteiger partial charge in [-0.25, -0.2) is 4.68 Å². The molecule has 0 aliphatic heterocycles. The van der Waals surface area contributed by atoms with Crippen LogP contribution in [-0.4, -0.2) is 20.8 Å². The second-order valence-corrected chi connectivity index (χ2v) is 4.48. The molecule has 0 saturated carbocycles. The van der Waals surface area contributed by atoms with Crippen LogP contribution in [0.5, 0.6) is 0 Å². The van der Waals surface area contributed by atoms with Crippen LogP contribution in [0.1, 0.15) is 63.4 Å². The highest BCUT2D eigenvalue weighted by Crippen LogP contribution is 2.19. The van der Waals surface area contributed by atoms with E-state index in [1.807, 2.05) is 0 Å². The zero-order valence-corrected chi connectivity index (χ0v) is 11.1. The predicted molar refractivity (Wildman–Crippen MR) is 67.9 cm³/mol. The van der Waals surface area contributed by atoms with Crippen LogP contribution < -0.4 is 0 Å². The second kappa shape index (κ2) is 7.20. The van der Waals surface area contributed by atoms with Gasteiger partial charge in [-0.05, 0) is 19.3 Å². The van der Waals surface area contributed by atoms with Crippen molar-refractivity contribution in [2.75, 3.05) is 0 Å². The smallest absolute Gasteiger partial charge is 0.185 e. The molecule has 4 nitrogen and oxygen atoms in total. The van der Waals surface area contributed by atoms with E-state index in [1.54, 1.807) is 10.9 Å². The molecule has 0 spiro atoms. The lowest BCUT2D eigenvalue weighted by Gasteiger charge is -2.14. The molecular formula is C13H23N3O. The molecule has 0 aliphatic rings. The third-order valence-electron chi connectivity index (χ3n) is 2.95. The summed E-state index contributed by atoms with van der Waals surface area (Å²) in [5, 5.41) is 7.83. The molecule has 1 aromatic heterocycles. The minimum absolute atomic E-state index is 0.138. The molecule has 0 atom stereocenters. The summed E-state index contributed by atoms with van der Waals surface area (Å²) in [6, 6.07) is 0. The number of aromatic nitrogens is 3. The van der Waals surface area contributed by atoms with E-state index in [0.29, 0.717) is 5.69 Å². The van der Waals surface area contributed by atoms with Gasteiger partial charge < -0.3 is 0 Å². The monoisotopic (exact) mass is 237 g/mol. The van der Waals surface area contributed by atoms with Crippen molar-refractivity contribution in [2.24, 2.45) is 5.92 Å². The number of carbonyl (C=O) groups is 1. The van der Waals surface area contributed by atoms with Crippen LogP contribution in [0, 0.1) is 5.92 Å². The summed E-state index contributed by atoms with van der Waals surface area (Å²) in [6.07, 6.45) is 6.59. The standard InChI is InChI=1S/C13H23N3O/c1-4-7-11(8-5-2)13(17)12-10-14-15-16(12)9-6-3/h10-11H,4-9H2,1-3H3. The van der Waals surface area contributed by atoms with Crippen LogP contribution in [-0.2, 0) is 6.54 Å². The quantitative estimate of drug-likeness (QED) is 0.653. The molecule has 0 fully saturated rings. The molecule has 0 aromatic carbocycles. The van der Waals surface area contributed by atoms with E-state index in [0.717, 1.165) is 38.6 Å². The molecule has 1 heterocycles. The number of ketones is 1. The molecule has 0 unspecified atom stereocenters. The predicted octanol–water partition coefficient (Wildman–Crippen LogP) is 3.09. The van der Waals surface area contributed by atoms with E-state index in [2.05, 4.69) is 31.1 Å². The van der Waals surface area contributed by atoms with Crippen LogP contribution in [0.25, 0.3) is 0 Å². The maximum Gasteiger partial charge on any atom is 0.185 e. The Morgan fingerprint density at radius 3 is 2.41 bits per heavy atom. The third-order valence-corrected chi connectivity index (χ3v) is 2.95. The van der Waals surface area contributed by atoms with Crippen molar-refractivity contribution in [3.05, 3.63) is 11.9 Å². The maximum atomic E-state index is 12.4. The number of rotatable bonds is 8. The highest BCUT2D eigenvalue weighted by molar-refractivity contribution is 5.96. The van der Waals surface area contributed by atoms with Crippen molar-refractivity contribution in [3.63, 3.8) is 0 Å². The second-order valence-electron chi connectivity index (χ2n) is 4.48. The van der Waals surface area contributed by atoms with Gasteiger partial charge in [0.15, 0.2) is 5.78 Å². The van der Waals surface area contributed by atoms with Crippen molar-refractivity contribution >= 4 is 5.78 Å². The first-order chi connectivity index (χ1) is 8.24. The van der Waals surface area contributed by atoms with Crippen LogP contribution in [0.3, 0.4) is 0 Å². The molecule has 17 heavy (non-hydrogen) atoms. The Balaban J connectivity index is 2.80. The summed E-state index contributed by atoms with van der Waals surface area (Å²) >= 11 is 0. The molecule has 1 rings (SSSR count). The minimum Gasteiger partial charge on any atom is -0.292 e. The van der Waals surface area contributed by atoms with Gasteiger partial charge in [0, 0.05) is 12.5 Å². The van der Waals surface area contributed by atoms with Crippen molar-refractivity contribution in [1.82, 2.24) is 15.0 Å². The van der Waals surface area contributed by atoms with E-state index in [-0.39, 0.29) is 11.7 Å². The lowest BCUT2D eigenvalue weighted by molar-refractivity contribution is 0.0893. The average molecular weight is 237 g/mol. The van der Waals surface area contributed by atoms with Gasteiger partial charge in [0.25, 0.3) is 0 Å². The SMILES string of the molecule is CCCC(CCC)C(=O)c1cnnn1CCC. The fraction of sp³-hybridized carbons (Fsp3) is 0.769. The van der Waals surface area contributed by atoms with Crippen LogP contribution in [0.4, 0.5) is 0 Å². The first kappa shape index (κ1) is 13.9. The molecule has 1 aromatic rings. The summed E-state index contributed by atoms with van der Waals surface area (Å²) < 4.78 is 1.74. The van der Waals surface area contributed by atoms with Gasteiger partial charge in [-0.1, -0.05) is 38.8 Å². The van der Waals surface area contributed by atoms with Crippen molar-refractivity contribution in [1.29, 1.82) is 0 Å². The van der Waals surface area contributed by atoms with Crippen LogP contribution in [0.15, 0.2) is 6.20 Å². The highest BCUT2D eigenvalue weighted by Gasteiger charge is 2.22. The Labute approximate surface area is 103 Å². The van der Waals surface area contributed by atoms with E-state index < -0.39 is 0 Å². The first-order valence-corrected chi connectivity index (χ1v) is 6.67. The maximum absolute atomic E-state index is 12.4. The minimum atomic E-state index is 0.138. The summed E-state index contributed by atoms with van der Waals surface area (Å²) in [4.78, 5) is 12.4. The van der Waals surface area contributed by atoms with Crippen LogP contribution >= 0.6 is 0 Å². The number of nitrogens with zero attached hydrogens (tertiary/aromatic N) is 3. The fourth-order valence-electron chi connectivity index (χ4n) is 2.14. The topological polar surface area (TPSA) is 47.8 Å². The number of Topliss-reactive ketones (excluding diaryl/α,β-unsaturated/α-hetero) is 1. The van der Waals surface area contributed by atoms with E-state index in [9.17, 15) is 4.79 Å². The number of hydrogen-bond acceptors (Lipinski definition) is 3. The van der Waals surface area contributed by atoms with Gasteiger partial charge >= 0.3 is 0 Å². The van der Waals surface area contributed by atoms with Crippen molar-refractivity contribution in [3.8, 4) is 0 Å². The molecule has 4 heteroatoms. The third kappa shape index (κ3) is 3.65. The van der Waals surface area contributed by atoms with Gasteiger partial charge in [-0.15, -0.1) is 5.10 Å². The Hall–Kier alpha value is -1.19. The van der Waals surface area contributed by atoms with Crippen LogP contribution in [0.2, 0.25) is 0 Å². The Bertz CT molecular complexity index is 340. The largest absolute Gasteiger partial charge is 0.292 e. The molecule has 0 N–H and O–H groups in total. The normalized spacial score (nSPS) is 11.1. The zero-order valence-electron chi connectivity index (χ0n) is 11.1. The van der Waals surface area contributed by atoms with Crippen molar-refractivity contribution < 1.29 is 4.79 Å². The van der Waals surface area contributed by atoms with Crippen molar-refractivity contribution in [2.45, 2.75) is 59.4 Å². The molecule has 0 radical (unpaired) electrons. The fourth-order valence-corrected chi connectivity index (χ4v) is 2.14. The van der Waals surface area contributed by atoms with E-state index in [4.69, 9.17) is 0 Å². The van der Waals surface area contributed by atoms with Gasteiger partial charge in [-0.2, -0.15) is 0 Å². The Kier molecular flexibility index (Phi) is 5.87. The summed E-state index contributed by atoms with van der Waals surface area (Å²) in [7, 11) is 0. The molecule has 0 aliphatic carbocycles.